The van der Waals surface area contributed by atoms with Gasteiger partial charge in [0.15, 0.2) is 11.2 Å². The van der Waals surface area contributed by atoms with Crippen molar-refractivity contribution >= 4 is 29.3 Å². The summed E-state index contributed by atoms with van der Waals surface area (Å²) in [6.07, 6.45) is 3.59. The summed E-state index contributed by atoms with van der Waals surface area (Å²) in [6.45, 7) is 5.77. The lowest BCUT2D eigenvalue weighted by molar-refractivity contribution is -0.141. The highest BCUT2D eigenvalue weighted by atomic mass is 16.6. The number of aryl methyl sites for hydroxylation is 2. The zero-order chi connectivity index (χ0) is 22.7. The summed E-state index contributed by atoms with van der Waals surface area (Å²) in [5.41, 5.74) is 3.32. The van der Waals surface area contributed by atoms with E-state index >= 15 is 0 Å². The molecule has 0 spiro atoms. The van der Waals surface area contributed by atoms with Crippen LogP contribution in [0.2, 0.25) is 0 Å². The number of nitrogens with one attached hydrogen (secondary N) is 1. The Bertz CT molecular complexity index is 1250. The maximum absolute atomic E-state index is 12.8. The number of aliphatic carboxylic acids is 1. The van der Waals surface area contributed by atoms with E-state index < -0.39 is 12.0 Å². The molecule has 31 heavy (non-hydrogen) atoms. The van der Waals surface area contributed by atoms with Gasteiger partial charge in [-0.1, -0.05) is 18.2 Å². The van der Waals surface area contributed by atoms with Gasteiger partial charge < -0.3 is 14.5 Å². The predicted molar refractivity (Wildman–Crippen MR) is 117 cm³/mol. The Hall–Kier alpha value is -3.66. The lowest BCUT2D eigenvalue weighted by Gasteiger charge is -2.10. The molecule has 2 N–H and O–H groups in total. The van der Waals surface area contributed by atoms with Gasteiger partial charge in [-0.25, -0.2) is 9.78 Å². The van der Waals surface area contributed by atoms with E-state index in [1.165, 1.54) is 16.1 Å². The van der Waals surface area contributed by atoms with Crippen molar-refractivity contribution < 1.29 is 14.7 Å². The molecule has 0 saturated heterocycles. The molecule has 0 amide bonds. The third kappa shape index (κ3) is 4.29. The summed E-state index contributed by atoms with van der Waals surface area (Å²) < 4.78 is 4.38. The number of hydroxylamine groups is 1. The molecule has 3 aromatic rings. The van der Waals surface area contributed by atoms with Gasteiger partial charge in [0.1, 0.15) is 17.6 Å². The lowest BCUT2D eigenvalue weighted by Crippen LogP contribution is -2.39. The number of nitrogens with zero attached hydrogens (tertiary/aromatic N) is 4. The smallest absolute Gasteiger partial charge is 0.332 e. The van der Waals surface area contributed by atoms with E-state index in [-0.39, 0.29) is 11.2 Å². The second-order valence-electron chi connectivity index (χ2n) is 6.96. The van der Waals surface area contributed by atoms with Crippen molar-refractivity contribution in [3.63, 3.8) is 0 Å². The molecule has 0 radical (unpaired) electrons. The second kappa shape index (κ2) is 9.00. The minimum Gasteiger partial charge on any atom is -0.480 e. The summed E-state index contributed by atoms with van der Waals surface area (Å²) in [7, 11) is 1.74. The molecular formula is C21H25N5O5. The normalized spacial score (nSPS) is 12.5. The molecule has 0 bridgehead atoms. The van der Waals surface area contributed by atoms with Crippen molar-refractivity contribution in [1.29, 1.82) is 0 Å². The van der Waals surface area contributed by atoms with Gasteiger partial charge in [-0.15, -0.1) is 5.48 Å². The number of carboxylic acid groups (broad SMARTS) is 1. The van der Waals surface area contributed by atoms with E-state index in [4.69, 9.17) is 9.94 Å². The molecule has 2 aromatic heterocycles. The first-order valence-electron chi connectivity index (χ1n) is 9.91. The highest BCUT2D eigenvalue weighted by molar-refractivity contribution is 5.76. The SMILES string of the molecule is CCn1c(=O)c2c(nc(/C=C/c3ccc(ONC(C)C(=O)O)cc3)n2C)n(CC)c1=O. The Morgan fingerprint density at radius 3 is 2.39 bits per heavy atom. The molecule has 1 unspecified atom stereocenters. The molecule has 164 valence electrons. The number of carbonyl (C=O) groups is 1. The maximum Gasteiger partial charge on any atom is 0.332 e. The molecule has 0 aliphatic carbocycles. The molecule has 0 aliphatic heterocycles. The van der Waals surface area contributed by atoms with E-state index in [1.54, 1.807) is 48.9 Å². The molecule has 0 saturated carbocycles. The van der Waals surface area contributed by atoms with Crippen molar-refractivity contribution in [2.24, 2.45) is 7.05 Å². The number of benzene rings is 1. The Kier molecular flexibility index (Phi) is 6.40. The fraction of sp³-hybridized carbons (Fsp3) is 0.333. The summed E-state index contributed by atoms with van der Waals surface area (Å²) in [5, 5.41) is 8.85. The predicted octanol–water partition coefficient (Wildman–Crippen LogP) is 1.46. The van der Waals surface area contributed by atoms with E-state index in [2.05, 4.69) is 10.5 Å². The Morgan fingerprint density at radius 2 is 1.81 bits per heavy atom. The van der Waals surface area contributed by atoms with Crippen molar-refractivity contribution in [3.8, 4) is 5.75 Å². The molecule has 1 atom stereocenters. The summed E-state index contributed by atoms with van der Waals surface area (Å²) in [6, 6.07) is 6.16. The van der Waals surface area contributed by atoms with Crippen LogP contribution >= 0.6 is 0 Å². The van der Waals surface area contributed by atoms with Gasteiger partial charge in [-0.3, -0.25) is 18.7 Å². The number of fused-ring (bicyclic) bond motifs is 1. The van der Waals surface area contributed by atoms with Gasteiger partial charge in [-0.2, -0.15) is 0 Å². The monoisotopic (exact) mass is 427 g/mol. The molecule has 10 heteroatoms. The van der Waals surface area contributed by atoms with E-state index in [0.717, 1.165) is 5.56 Å². The van der Waals surface area contributed by atoms with Gasteiger partial charge in [-0.05, 0) is 44.5 Å². The number of rotatable bonds is 8. The van der Waals surface area contributed by atoms with Crippen LogP contribution < -0.4 is 21.6 Å². The standard InChI is InChI=1S/C21H25N5O5/c1-5-25-18-17(19(27)26(6-2)21(25)30)24(4)16(22-18)12-9-14-7-10-15(11-8-14)31-23-13(3)20(28)29/h7-13,23H,5-6H2,1-4H3,(H,28,29)/b12-9+. The maximum atomic E-state index is 12.8. The summed E-state index contributed by atoms with van der Waals surface area (Å²) in [5.74, 6) is 0.00100. The van der Waals surface area contributed by atoms with Crippen LogP contribution in [0.15, 0.2) is 33.9 Å². The average Bonchev–Trinajstić information content (AvgIpc) is 3.08. The van der Waals surface area contributed by atoms with Crippen molar-refractivity contribution in [2.45, 2.75) is 39.9 Å². The highest BCUT2D eigenvalue weighted by Gasteiger charge is 2.17. The van der Waals surface area contributed by atoms with E-state index in [1.807, 2.05) is 13.0 Å². The molecule has 10 nitrogen and oxygen atoms in total. The van der Waals surface area contributed by atoms with Crippen molar-refractivity contribution in [2.75, 3.05) is 0 Å². The summed E-state index contributed by atoms with van der Waals surface area (Å²) >= 11 is 0. The Labute approximate surface area is 178 Å². The molecule has 0 fully saturated rings. The Balaban J connectivity index is 1.89. The quantitative estimate of drug-likeness (QED) is 0.522. The van der Waals surface area contributed by atoms with Gasteiger partial charge in [0.05, 0.1) is 0 Å². The number of hydrogen-bond donors (Lipinski definition) is 2. The van der Waals surface area contributed by atoms with Gasteiger partial charge in [0, 0.05) is 20.1 Å². The minimum absolute atomic E-state index is 0.290. The van der Waals surface area contributed by atoms with Crippen LogP contribution in [0.25, 0.3) is 23.3 Å². The fourth-order valence-corrected chi connectivity index (χ4v) is 3.12. The molecular weight excluding hydrogens is 402 g/mol. The van der Waals surface area contributed by atoms with E-state index in [9.17, 15) is 14.4 Å². The third-order valence-electron chi connectivity index (χ3n) is 4.94. The first-order chi connectivity index (χ1) is 14.8. The number of hydrogen-bond acceptors (Lipinski definition) is 6. The third-order valence-corrected chi connectivity index (χ3v) is 4.94. The number of aromatic nitrogens is 4. The number of carboxylic acids is 1. The highest BCUT2D eigenvalue weighted by Crippen LogP contribution is 2.16. The van der Waals surface area contributed by atoms with E-state index in [0.29, 0.717) is 35.8 Å². The lowest BCUT2D eigenvalue weighted by atomic mass is 10.2. The zero-order valence-corrected chi connectivity index (χ0v) is 17.8. The fourth-order valence-electron chi connectivity index (χ4n) is 3.12. The number of imidazole rings is 1. The molecule has 1 aromatic carbocycles. The van der Waals surface area contributed by atoms with Crippen LogP contribution in [-0.2, 0) is 24.9 Å². The topological polar surface area (TPSA) is 120 Å². The van der Waals surface area contributed by atoms with Crippen LogP contribution in [0.1, 0.15) is 32.2 Å². The van der Waals surface area contributed by atoms with Crippen molar-refractivity contribution in [3.05, 3.63) is 56.5 Å². The van der Waals surface area contributed by atoms with Gasteiger partial charge in [0.25, 0.3) is 5.56 Å². The summed E-state index contributed by atoms with van der Waals surface area (Å²) in [4.78, 5) is 45.8. The first-order valence-corrected chi connectivity index (χ1v) is 9.91. The van der Waals surface area contributed by atoms with Crippen LogP contribution in [0, 0.1) is 0 Å². The van der Waals surface area contributed by atoms with Crippen LogP contribution in [0.3, 0.4) is 0 Å². The molecule has 2 heterocycles. The second-order valence-corrected chi connectivity index (χ2v) is 6.96. The largest absolute Gasteiger partial charge is 0.480 e. The van der Waals surface area contributed by atoms with Crippen LogP contribution in [-0.4, -0.2) is 35.8 Å². The van der Waals surface area contributed by atoms with Crippen LogP contribution in [0.5, 0.6) is 5.75 Å². The van der Waals surface area contributed by atoms with Crippen LogP contribution in [0.4, 0.5) is 0 Å². The van der Waals surface area contributed by atoms with Crippen molar-refractivity contribution in [1.82, 2.24) is 24.2 Å². The minimum atomic E-state index is -1.01. The zero-order valence-electron chi connectivity index (χ0n) is 17.8. The molecule has 0 aliphatic rings. The molecule has 3 rings (SSSR count). The van der Waals surface area contributed by atoms with Gasteiger partial charge in [0.2, 0.25) is 0 Å². The first kappa shape index (κ1) is 22.0. The van der Waals surface area contributed by atoms with Gasteiger partial charge >= 0.3 is 11.7 Å². The average molecular weight is 427 g/mol. The Morgan fingerprint density at radius 1 is 1.16 bits per heavy atom.